The van der Waals surface area contributed by atoms with Crippen LogP contribution in [0.4, 0.5) is 21.0 Å². The van der Waals surface area contributed by atoms with E-state index < -0.39 is 12.2 Å². The van der Waals surface area contributed by atoms with Crippen LogP contribution >= 0.6 is 0 Å². The molecule has 0 aliphatic carbocycles. The average Bonchev–Trinajstić information content (AvgIpc) is 3.29. The Bertz CT molecular complexity index is 1480. The van der Waals surface area contributed by atoms with E-state index in [-0.39, 0.29) is 24.4 Å². The van der Waals surface area contributed by atoms with Crippen LogP contribution in [0, 0.1) is 6.92 Å². The highest BCUT2D eigenvalue weighted by atomic mass is 16.6. The van der Waals surface area contributed by atoms with Crippen LogP contribution in [-0.2, 0) is 22.4 Å². The fourth-order valence-corrected chi connectivity index (χ4v) is 7.99. The number of ether oxygens (including phenoxy) is 2. The van der Waals surface area contributed by atoms with Gasteiger partial charge in [0.15, 0.2) is 6.10 Å². The van der Waals surface area contributed by atoms with Crippen molar-refractivity contribution >= 4 is 29.4 Å². The summed E-state index contributed by atoms with van der Waals surface area (Å²) in [7, 11) is 0. The Kier molecular flexibility index (Phi) is 9.90. The van der Waals surface area contributed by atoms with Gasteiger partial charge < -0.3 is 40.1 Å². The van der Waals surface area contributed by atoms with E-state index in [1.54, 1.807) is 4.90 Å². The number of urea groups is 1. The van der Waals surface area contributed by atoms with Gasteiger partial charge >= 0.3 is 12.1 Å². The van der Waals surface area contributed by atoms with E-state index in [0.29, 0.717) is 58.2 Å². The summed E-state index contributed by atoms with van der Waals surface area (Å²) in [6.07, 6.45) is 3.24. The highest BCUT2D eigenvalue weighted by molar-refractivity contribution is 5.91. The van der Waals surface area contributed by atoms with Gasteiger partial charge in [-0.2, -0.15) is 0 Å². The zero-order valence-electron chi connectivity index (χ0n) is 28.0. The fraction of sp³-hybridized carbons (Fsp3) is 0.583. The number of anilines is 2. The third-order valence-corrected chi connectivity index (χ3v) is 10.7. The molecule has 0 radical (unpaired) electrons. The smallest absolute Gasteiger partial charge is 0.410 e. The molecule has 0 spiro atoms. The van der Waals surface area contributed by atoms with Gasteiger partial charge in [-0.1, -0.05) is 24.3 Å². The van der Waals surface area contributed by atoms with Gasteiger partial charge in [-0.25, -0.2) is 9.59 Å². The van der Waals surface area contributed by atoms with Crippen molar-refractivity contribution < 1.29 is 23.9 Å². The lowest BCUT2D eigenvalue weighted by Gasteiger charge is -2.41. The normalized spacial score (nSPS) is 21.6. The Morgan fingerprint density at radius 3 is 2.48 bits per heavy atom. The zero-order valence-corrected chi connectivity index (χ0v) is 28.0. The Morgan fingerprint density at radius 2 is 1.69 bits per heavy atom. The monoisotopic (exact) mass is 659 g/mol. The number of carbonyl (C=O) groups is 3. The number of carbonyl (C=O) groups excluding carboxylic acids is 3. The number of hydrogen-bond donors (Lipinski definition) is 3. The highest BCUT2D eigenvalue weighted by Gasteiger charge is 2.36. The van der Waals surface area contributed by atoms with Crippen molar-refractivity contribution in [3.05, 3.63) is 53.1 Å². The Hall–Kier alpha value is -4.03. The second-order valence-electron chi connectivity index (χ2n) is 13.7. The zero-order chi connectivity index (χ0) is 33.0. The van der Waals surface area contributed by atoms with Gasteiger partial charge in [-0.3, -0.25) is 9.69 Å². The minimum atomic E-state index is -0.940. The average molecular weight is 660 g/mol. The first-order chi connectivity index (χ1) is 23.4. The molecule has 7 rings (SSSR count). The largest absolute Gasteiger partial charge is 0.490 e. The van der Waals surface area contributed by atoms with Crippen molar-refractivity contribution in [3.63, 3.8) is 0 Å². The van der Waals surface area contributed by atoms with E-state index in [2.05, 4.69) is 33.0 Å². The van der Waals surface area contributed by atoms with Crippen molar-refractivity contribution in [2.45, 2.75) is 63.6 Å². The molecule has 2 aromatic rings. The van der Waals surface area contributed by atoms with Crippen LogP contribution in [0.2, 0.25) is 0 Å². The number of para-hydroxylation sites is 1. The summed E-state index contributed by atoms with van der Waals surface area (Å²) < 4.78 is 12.1. The number of aryl methyl sites for hydroxylation is 1. The SMILES string of the molecule is Cc1cc(CC(OC(=O)N2CCC(N3CCc4ccccc4NC3=O)CC2)C(=O)N2CCN(C3CCNCC3)CC2)cc2c1NCCO2. The maximum absolute atomic E-state index is 14.1. The summed E-state index contributed by atoms with van der Waals surface area (Å²) in [4.78, 5) is 48.9. The molecule has 48 heavy (non-hydrogen) atoms. The molecule has 5 heterocycles. The van der Waals surface area contributed by atoms with Crippen molar-refractivity contribution in [3.8, 4) is 5.75 Å². The summed E-state index contributed by atoms with van der Waals surface area (Å²) in [5, 5.41) is 9.90. The molecule has 0 aromatic heterocycles. The number of rotatable bonds is 6. The predicted molar refractivity (Wildman–Crippen MR) is 184 cm³/mol. The second-order valence-corrected chi connectivity index (χ2v) is 13.7. The first kappa shape index (κ1) is 32.5. The molecule has 1 atom stereocenters. The Morgan fingerprint density at radius 1 is 0.917 bits per heavy atom. The lowest BCUT2D eigenvalue weighted by Crippen LogP contribution is -2.56. The van der Waals surface area contributed by atoms with Crippen molar-refractivity contribution in [1.82, 2.24) is 24.9 Å². The number of fused-ring (bicyclic) bond motifs is 2. The second kappa shape index (κ2) is 14.6. The van der Waals surface area contributed by atoms with E-state index in [0.717, 1.165) is 85.8 Å². The maximum atomic E-state index is 14.1. The number of likely N-dealkylation sites (tertiary alicyclic amines) is 1. The quantitative estimate of drug-likeness (QED) is 0.433. The van der Waals surface area contributed by atoms with Gasteiger partial charge in [0, 0.05) is 76.5 Å². The van der Waals surface area contributed by atoms with Gasteiger partial charge in [0.1, 0.15) is 12.4 Å². The lowest BCUT2D eigenvalue weighted by molar-refractivity contribution is -0.143. The van der Waals surface area contributed by atoms with E-state index in [9.17, 15) is 14.4 Å². The minimum absolute atomic E-state index is 0.0316. The molecule has 0 saturated carbocycles. The standard InChI is InChI=1S/C36H49N7O5/c1-25-22-26(23-31-33(25)38-13-21-47-31)24-32(34(44)41-19-17-40(18-20-41)28-6-11-37-12-7-28)48-36(46)42-14-9-29(10-15-42)43-16-8-27-4-2-3-5-30(27)39-35(43)45/h2-5,22-23,28-29,32,37-38H,6-21,24H2,1H3,(H,39,45). The molecule has 3 N–H and O–H groups in total. The number of nitrogens with one attached hydrogen (secondary N) is 3. The number of piperidine rings is 2. The summed E-state index contributed by atoms with van der Waals surface area (Å²) >= 11 is 0. The number of nitrogens with zero attached hydrogens (tertiary/aromatic N) is 4. The molecule has 258 valence electrons. The van der Waals surface area contributed by atoms with Crippen LogP contribution in [0.3, 0.4) is 0 Å². The van der Waals surface area contributed by atoms with Crippen LogP contribution in [0.15, 0.2) is 36.4 Å². The first-order valence-corrected chi connectivity index (χ1v) is 17.8. The van der Waals surface area contributed by atoms with Crippen LogP contribution in [-0.4, -0.2) is 128 Å². The third-order valence-electron chi connectivity index (χ3n) is 10.7. The van der Waals surface area contributed by atoms with Gasteiger partial charge in [-0.15, -0.1) is 0 Å². The highest BCUT2D eigenvalue weighted by Crippen LogP contribution is 2.33. The van der Waals surface area contributed by atoms with E-state index in [4.69, 9.17) is 9.47 Å². The summed E-state index contributed by atoms with van der Waals surface area (Å²) in [5.41, 5.74) is 4.92. The van der Waals surface area contributed by atoms with Gasteiger partial charge in [0.25, 0.3) is 5.91 Å². The van der Waals surface area contributed by atoms with Crippen molar-refractivity contribution in [2.24, 2.45) is 0 Å². The molecular formula is C36H49N7O5. The molecule has 5 aliphatic rings. The Labute approximate surface area is 283 Å². The summed E-state index contributed by atoms with van der Waals surface area (Å²) in [6, 6.07) is 12.4. The molecule has 2 aromatic carbocycles. The van der Waals surface area contributed by atoms with Crippen LogP contribution < -0.4 is 20.7 Å². The topological polar surface area (TPSA) is 119 Å². The summed E-state index contributed by atoms with van der Waals surface area (Å²) in [6.45, 7) is 9.92. The minimum Gasteiger partial charge on any atom is -0.490 e. The molecule has 12 nitrogen and oxygen atoms in total. The fourth-order valence-electron chi connectivity index (χ4n) is 7.99. The molecule has 12 heteroatoms. The van der Waals surface area contributed by atoms with Crippen molar-refractivity contribution in [2.75, 3.05) is 82.7 Å². The molecular weight excluding hydrogens is 610 g/mol. The molecule has 0 bridgehead atoms. The van der Waals surface area contributed by atoms with Gasteiger partial charge in [-0.05, 0) is 80.9 Å². The molecule has 5 aliphatic heterocycles. The molecule has 4 amide bonds. The number of hydrogen-bond acceptors (Lipinski definition) is 8. The Balaban J connectivity index is 1.00. The van der Waals surface area contributed by atoms with E-state index in [1.165, 1.54) is 0 Å². The number of amides is 4. The predicted octanol–water partition coefficient (Wildman–Crippen LogP) is 3.30. The van der Waals surface area contributed by atoms with E-state index in [1.807, 2.05) is 41.0 Å². The van der Waals surface area contributed by atoms with E-state index >= 15 is 0 Å². The first-order valence-electron chi connectivity index (χ1n) is 17.8. The third kappa shape index (κ3) is 7.19. The van der Waals surface area contributed by atoms with Crippen molar-refractivity contribution in [1.29, 1.82) is 0 Å². The van der Waals surface area contributed by atoms with Gasteiger partial charge in [0.2, 0.25) is 0 Å². The summed E-state index contributed by atoms with van der Waals surface area (Å²) in [5.74, 6) is 0.630. The molecule has 3 fully saturated rings. The number of piperazine rings is 1. The van der Waals surface area contributed by atoms with Crippen LogP contribution in [0.1, 0.15) is 42.4 Å². The number of benzene rings is 2. The maximum Gasteiger partial charge on any atom is 0.410 e. The van der Waals surface area contributed by atoms with Crippen LogP contribution in [0.5, 0.6) is 5.75 Å². The molecule has 1 unspecified atom stereocenters. The van der Waals surface area contributed by atoms with Gasteiger partial charge in [0.05, 0.1) is 5.69 Å². The van der Waals surface area contributed by atoms with Crippen LogP contribution in [0.25, 0.3) is 0 Å². The lowest BCUT2D eigenvalue weighted by atomic mass is 10.0. The molecule has 3 saturated heterocycles.